The molecule has 0 bridgehead atoms. The summed E-state index contributed by atoms with van der Waals surface area (Å²) in [5.41, 5.74) is -0.144. The lowest BCUT2D eigenvalue weighted by atomic mass is 9.82. The zero-order valence-electron chi connectivity index (χ0n) is 13.0. The standard InChI is InChI=1S/C16H18N2O3S2/c1-10-12(23-13(17-10)11-5-3-8-22-11)14(19)18-7-4-6-16(2,9-18)15(20)21/h3,5,8H,4,6-7,9H2,1-2H3,(H,20,21). The van der Waals surface area contributed by atoms with Gasteiger partial charge in [-0.15, -0.1) is 22.7 Å². The van der Waals surface area contributed by atoms with Gasteiger partial charge in [0.15, 0.2) is 0 Å². The van der Waals surface area contributed by atoms with Gasteiger partial charge < -0.3 is 10.0 Å². The van der Waals surface area contributed by atoms with Gasteiger partial charge in [-0.1, -0.05) is 6.07 Å². The van der Waals surface area contributed by atoms with Crippen molar-refractivity contribution in [2.75, 3.05) is 13.1 Å². The van der Waals surface area contributed by atoms with E-state index in [1.54, 1.807) is 23.2 Å². The number of piperidine rings is 1. The summed E-state index contributed by atoms with van der Waals surface area (Å²) in [5, 5.41) is 12.2. The van der Waals surface area contributed by atoms with Crippen LogP contribution in [0.25, 0.3) is 9.88 Å². The molecule has 0 radical (unpaired) electrons. The SMILES string of the molecule is Cc1nc(-c2cccs2)sc1C(=O)N1CCCC(C)(C(=O)O)C1. The fourth-order valence-electron chi connectivity index (χ4n) is 2.83. The molecule has 1 aliphatic rings. The molecule has 1 aliphatic heterocycles. The van der Waals surface area contributed by atoms with E-state index in [2.05, 4.69) is 4.98 Å². The van der Waals surface area contributed by atoms with E-state index in [9.17, 15) is 14.7 Å². The number of hydrogen-bond acceptors (Lipinski definition) is 5. The summed E-state index contributed by atoms with van der Waals surface area (Å²) in [4.78, 5) is 32.1. The molecular formula is C16H18N2O3S2. The summed E-state index contributed by atoms with van der Waals surface area (Å²) in [6.45, 7) is 4.41. The maximum atomic E-state index is 12.8. The maximum Gasteiger partial charge on any atom is 0.311 e. The van der Waals surface area contributed by atoms with Crippen molar-refractivity contribution in [3.8, 4) is 9.88 Å². The lowest BCUT2D eigenvalue weighted by Crippen LogP contribution is -2.48. The third-order valence-electron chi connectivity index (χ3n) is 4.22. The molecule has 1 amide bonds. The van der Waals surface area contributed by atoms with Crippen LogP contribution in [0.5, 0.6) is 0 Å². The number of aliphatic carboxylic acids is 1. The molecule has 1 fully saturated rings. The van der Waals surface area contributed by atoms with Gasteiger partial charge in [0.05, 0.1) is 16.0 Å². The van der Waals surface area contributed by atoms with Crippen LogP contribution in [0, 0.1) is 12.3 Å². The molecule has 3 heterocycles. The summed E-state index contributed by atoms with van der Waals surface area (Å²) in [6, 6.07) is 3.95. The summed E-state index contributed by atoms with van der Waals surface area (Å²) >= 11 is 2.98. The number of aryl methyl sites for hydroxylation is 1. The predicted molar refractivity (Wildman–Crippen MR) is 91.0 cm³/mol. The van der Waals surface area contributed by atoms with E-state index in [1.807, 2.05) is 24.4 Å². The Morgan fingerprint density at radius 3 is 2.87 bits per heavy atom. The van der Waals surface area contributed by atoms with Crippen LogP contribution in [0.15, 0.2) is 17.5 Å². The molecule has 0 aliphatic carbocycles. The zero-order chi connectivity index (χ0) is 16.6. The molecule has 3 rings (SSSR count). The van der Waals surface area contributed by atoms with Crippen molar-refractivity contribution in [2.24, 2.45) is 5.41 Å². The predicted octanol–water partition coefficient (Wildman–Crippen LogP) is 3.51. The van der Waals surface area contributed by atoms with Crippen molar-refractivity contribution in [3.63, 3.8) is 0 Å². The maximum absolute atomic E-state index is 12.8. The number of nitrogens with zero attached hydrogens (tertiary/aromatic N) is 2. The molecule has 0 aromatic carbocycles. The van der Waals surface area contributed by atoms with Crippen LogP contribution in [0.2, 0.25) is 0 Å². The Balaban J connectivity index is 1.85. The van der Waals surface area contributed by atoms with Gasteiger partial charge in [0.2, 0.25) is 0 Å². The highest BCUT2D eigenvalue weighted by Crippen LogP contribution is 2.34. The first kappa shape index (κ1) is 16.1. The third-order valence-corrected chi connectivity index (χ3v) is 6.41. The highest BCUT2D eigenvalue weighted by atomic mass is 32.1. The molecule has 0 saturated carbocycles. The highest BCUT2D eigenvalue weighted by Gasteiger charge is 2.40. The van der Waals surface area contributed by atoms with Crippen LogP contribution in [-0.4, -0.2) is 40.0 Å². The minimum atomic E-state index is -0.858. The Kier molecular flexibility index (Phi) is 4.25. The molecular weight excluding hydrogens is 332 g/mol. The minimum absolute atomic E-state index is 0.102. The van der Waals surface area contributed by atoms with E-state index in [0.29, 0.717) is 30.0 Å². The fourth-order valence-corrected chi connectivity index (χ4v) is 4.66. The van der Waals surface area contributed by atoms with Crippen LogP contribution < -0.4 is 0 Å². The van der Waals surface area contributed by atoms with E-state index in [1.165, 1.54) is 11.3 Å². The van der Waals surface area contributed by atoms with Crippen LogP contribution in [0.1, 0.15) is 35.1 Å². The molecule has 7 heteroatoms. The first-order valence-electron chi connectivity index (χ1n) is 7.45. The van der Waals surface area contributed by atoms with E-state index in [4.69, 9.17) is 0 Å². The van der Waals surface area contributed by atoms with Gasteiger partial charge in [0, 0.05) is 13.1 Å². The minimum Gasteiger partial charge on any atom is -0.481 e. The van der Waals surface area contributed by atoms with E-state index in [0.717, 1.165) is 9.88 Å². The fraction of sp³-hybridized carbons (Fsp3) is 0.438. The van der Waals surface area contributed by atoms with Crippen LogP contribution >= 0.6 is 22.7 Å². The smallest absolute Gasteiger partial charge is 0.311 e. The van der Waals surface area contributed by atoms with Gasteiger partial charge in [-0.2, -0.15) is 0 Å². The zero-order valence-corrected chi connectivity index (χ0v) is 14.7. The van der Waals surface area contributed by atoms with Crippen molar-refractivity contribution < 1.29 is 14.7 Å². The number of hydrogen-bond donors (Lipinski definition) is 1. The van der Waals surface area contributed by atoms with Gasteiger partial charge in [-0.25, -0.2) is 4.98 Å². The quantitative estimate of drug-likeness (QED) is 0.919. The van der Waals surface area contributed by atoms with Crippen molar-refractivity contribution in [1.29, 1.82) is 0 Å². The number of carbonyl (C=O) groups is 2. The Morgan fingerprint density at radius 1 is 1.43 bits per heavy atom. The molecule has 0 spiro atoms. The number of carbonyl (C=O) groups excluding carboxylic acids is 1. The molecule has 1 N–H and O–H groups in total. The second-order valence-electron chi connectivity index (χ2n) is 6.11. The molecule has 2 aromatic rings. The number of aromatic nitrogens is 1. The van der Waals surface area contributed by atoms with Crippen molar-refractivity contribution >= 4 is 34.6 Å². The lowest BCUT2D eigenvalue weighted by Gasteiger charge is -2.37. The molecule has 1 unspecified atom stereocenters. The van der Waals surface area contributed by atoms with Crippen molar-refractivity contribution in [1.82, 2.24) is 9.88 Å². The van der Waals surface area contributed by atoms with E-state index >= 15 is 0 Å². The van der Waals surface area contributed by atoms with Crippen molar-refractivity contribution in [2.45, 2.75) is 26.7 Å². The van der Waals surface area contributed by atoms with Crippen LogP contribution in [-0.2, 0) is 4.79 Å². The number of carboxylic acid groups (broad SMARTS) is 1. The number of carboxylic acids is 1. The number of likely N-dealkylation sites (tertiary alicyclic amines) is 1. The molecule has 2 aromatic heterocycles. The summed E-state index contributed by atoms with van der Waals surface area (Å²) in [6.07, 6.45) is 1.32. The van der Waals surface area contributed by atoms with E-state index < -0.39 is 11.4 Å². The Hall–Kier alpha value is -1.73. The summed E-state index contributed by atoms with van der Waals surface area (Å²) in [7, 11) is 0. The second-order valence-corrected chi connectivity index (χ2v) is 8.05. The number of thiophene rings is 1. The first-order valence-corrected chi connectivity index (χ1v) is 9.14. The second kappa shape index (κ2) is 6.05. The first-order chi connectivity index (χ1) is 10.9. The molecule has 1 saturated heterocycles. The monoisotopic (exact) mass is 350 g/mol. The Labute approximate surface area is 142 Å². The van der Waals surface area contributed by atoms with Crippen molar-refractivity contribution in [3.05, 3.63) is 28.1 Å². The highest BCUT2D eigenvalue weighted by molar-refractivity contribution is 7.22. The van der Waals surface area contributed by atoms with Gasteiger partial charge in [-0.3, -0.25) is 9.59 Å². The van der Waals surface area contributed by atoms with Gasteiger partial charge in [0.25, 0.3) is 5.91 Å². The molecule has 122 valence electrons. The van der Waals surface area contributed by atoms with Gasteiger partial charge >= 0.3 is 5.97 Å². The largest absolute Gasteiger partial charge is 0.481 e. The Bertz CT molecular complexity index is 739. The average molecular weight is 350 g/mol. The lowest BCUT2D eigenvalue weighted by molar-refractivity contribution is -0.150. The number of thiazole rings is 1. The van der Waals surface area contributed by atoms with Crippen LogP contribution in [0.4, 0.5) is 0 Å². The summed E-state index contributed by atoms with van der Waals surface area (Å²) in [5.74, 6) is -0.940. The Morgan fingerprint density at radius 2 is 2.22 bits per heavy atom. The molecule has 5 nitrogen and oxygen atoms in total. The topological polar surface area (TPSA) is 70.5 Å². The van der Waals surface area contributed by atoms with E-state index in [-0.39, 0.29) is 12.5 Å². The normalized spacial score (nSPS) is 21.4. The average Bonchev–Trinajstić information content (AvgIpc) is 3.15. The van der Waals surface area contributed by atoms with Gasteiger partial charge in [-0.05, 0) is 38.1 Å². The molecule has 1 atom stereocenters. The number of amides is 1. The van der Waals surface area contributed by atoms with Crippen LogP contribution in [0.3, 0.4) is 0 Å². The number of rotatable bonds is 3. The summed E-state index contributed by atoms with van der Waals surface area (Å²) < 4.78 is 0. The molecule has 23 heavy (non-hydrogen) atoms. The third kappa shape index (κ3) is 3.03. The van der Waals surface area contributed by atoms with Gasteiger partial charge in [0.1, 0.15) is 9.88 Å².